The zero-order chi connectivity index (χ0) is 13.3. The standard InChI is InChI=1S/C14H20Cl2N2/c1-10-7-18(14(2,3)9-17-10)8-11-4-5-12(15)6-13(11)16/h4-6,10,17H,7-9H2,1-3H3. The molecule has 1 saturated heterocycles. The molecular weight excluding hydrogens is 267 g/mol. The van der Waals surface area contributed by atoms with Crippen LogP contribution in [-0.2, 0) is 6.54 Å². The van der Waals surface area contributed by atoms with Gasteiger partial charge in [0.2, 0.25) is 0 Å². The summed E-state index contributed by atoms with van der Waals surface area (Å²) in [6.45, 7) is 9.64. The number of nitrogens with zero attached hydrogens (tertiary/aromatic N) is 1. The van der Waals surface area contributed by atoms with Crippen molar-refractivity contribution in [1.82, 2.24) is 10.2 Å². The van der Waals surface area contributed by atoms with E-state index in [9.17, 15) is 0 Å². The van der Waals surface area contributed by atoms with Gasteiger partial charge in [-0.15, -0.1) is 0 Å². The van der Waals surface area contributed by atoms with E-state index in [-0.39, 0.29) is 5.54 Å². The van der Waals surface area contributed by atoms with E-state index in [2.05, 4.69) is 31.0 Å². The summed E-state index contributed by atoms with van der Waals surface area (Å²) in [4.78, 5) is 2.48. The molecular formula is C14H20Cl2N2. The lowest BCUT2D eigenvalue weighted by molar-refractivity contribution is 0.0627. The molecule has 1 aromatic carbocycles. The maximum Gasteiger partial charge on any atom is 0.0465 e. The number of hydrogen-bond donors (Lipinski definition) is 1. The van der Waals surface area contributed by atoms with E-state index in [1.54, 1.807) is 0 Å². The van der Waals surface area contributed by atoms with Gasteiger partial charge in [-0.2, -0.15) is 0 Å². The van der Waals surface area contributed by atoms with Gasteiger partial charge in [-0.25, -0.2) is 0 Å². The number of hydrogen-bond acceptors (Lipinski definition) is 2. The first-order valence-corrected chi connectivity index (χ1v) is 7.06. The fraction of sp³-hybridized carbons (Fsp3) is 0.571. The molecule has 18 heavy (non-hydrogen) atoms. The average Bonchev–Trinajstić information content (AvgIpc) is 2.27. The van der Waals surface area contributed by atoms with Gasteiger partial charge in [-0.1, -0.05) is 29.3 Å². The van der Waals surface area contributed by atoms with E-state index in [0.29, 0.717) is 11.1 Å². The lowest BCUT2D eigenvalue weighted by Crippen LogP contribution is -2.60. The predicted octanol–water partition coefficient (Wildman–Crippen LogP) is 3.57. The molecule has 1 N–H and O–H groups in total. The molecule has 4 heteroatoms. The van der Waals surface area contributed by atoms with E-state index in [0.717, 1.165) is 30.2 Å². The Bertz CT molecular complexity index is 432. The third kappa shape index (κ3) is 3.18. The molecule has 0 amide bonds. The van der Waals surface area contributed by atoms with Gasteiger partial charge >= 0.3 is 0 Å². The minimum atomic E-state index is 0.148. The van der Waals surface area contributed by atoms with E-state index in [4.69, 9.17) is 23.2 Å². The molecule has 0 aromatic heterocycles. The van der Waals surface area contributed by atoms with Crippen LogP contribution in [0.1, 0.15) is 26.3 Å². The summed E-state index contributed by atoms with van der Waals surface area (Å²) in [5.74, 6) is 0. The molecule has 1 atom stereocenters. The maximum atomic E-state index is 6.25. The van der Waals surface area contributed by atoms with Crippen molar-refractivity contribution in [1.29, 1.82) is 0 Å². The first kappa shape index (κ1) is 14.1. The molecule has 1 aromatic rings. The fourth-order valence-corrected chi connectivity index (χ4v) is 2.78. The molecule has 1 heterocycles. The molecule has 0 spiro atoms. The Balaban J connectivity index is 2.16. The third-order valence-electron chi connectivity index (χ3n) is 3.61. The van der Waals surface area contributed by atoms with Gasteiger partial charge < -0.3 is 5.32 Å². The normalized spacial score (nSPS) is 24.2. The number of nitrogens with one attached hydrogen (secondary N) is 1. The predicted molar refractivity (Wildman–Crippen MR) is 78.4 cm³/mol. The quantitative estimate of drug-likeness (QED) is 0.894. The average molecular weight is 287 g/mol. The number of benzene rings is 1. The second kappa shape index (κ2) is 5.38. The summed E-state index contributed by atoms with van der Waals surface area (Å²) in [6, 6.07) is 6.26. The molecule has 1 fully saturated rings. The van der Waals surface area contributed by atoms with E-state index < -0.39 is 0 Å². The second-order valence-electron chi connectivity index (χ2n) is 5.71. The van der Waals surface area contributed by atoms with Crippen molar-refractivity contribution in [3.05, 3.63) is 33.8 Å². The van der Waals surface area contributed by atoms with Gasteiger partial charge in [-0.3, -0.25) is 4.90 Å². The Morgan fingerprint density at radius 3 is 2.78 bits per heavy atom. The van der Waals surface area contributed by atoms with Gasteiger partial charge in [0.15, 0.2) is 0 Å². The highest BCUT2D eigenvalue weighted by Gasteiger charge is 2.32. The zero-order valence-corrected chi connectivity index (χ0v) is 12.6. The Kier molecular flexibility index (Phi) is 4.22. The zero-order valence-electron chi connectivity index (χ0n) is 11.1. The SMILES string of the molecule is CC1CN(Cc2ccc(Cl)cc2Cl)C(C)(C)CN1. The van der Waals surface area contributed by atoms with Gasteiger partial charge in [0, 0.05) is 41.3 Å². The minimum absolute atomic E-state index is 0.148. The summed E-state index contributed by atoms with van der Waals surface area (Å²) >= 11 is 12.2. The fourth-order valence-electron chi connectivity index (χ4n) is 2.31. The minimum Gasteiger partial charge on any atom is -0.311 e. The van der Waals surface area contributed by atoms with Gasteiger partial charge in [0.25, 0.3) is 0 Å². The topological polar surface area (TPSA) is 15.3 Å². The smallest absolute Gasteiger partial charge is 0.0465 e. The van der Waals surface area contributed by atoms with Crippen molar-refractivity contribution < 1.29 is 0 Å². The number of rotatable bonds is 2. The molecule has 0 saturated carbocycles. The molecule has 0 radical (unpaired) electrons. The van der Waals surface area contributed by atoms with Crippen LogP contribution in [0.3, 0.4) is 0 Å². The van der Waals surface area contributed by atoms with E-state index in [1.165, 1.54) is 0 Å². The highest BCUT2D eigenvalue weighted by Crippen LogP contribution is 2.26. The Labute approximate surface area is 119 Å². The first-order valence-electron chi connectivity index (χ1n) is 6.31. The Hall–Kier alpha value is -0.280. The Morgan fingerprint density at radius 1 is 1.39 bits per heavy atom. The number of halogens is 2. The largest absolute Gasteiger partial charge is 0.311 e. The first-order chi connectivity index (χ1) is 8.38. The number of piperazine rings is 1. The van der Waals surface area contributed by atoms with Crippen LogP contribution in [0.2, 0.25) is 10.0 Å². The van der Waals surface area contributed by atoms with Crippen LogP contribution in [0.15, 0.2) is 18.2 Å². The van der Waals surface area contributed by atoms with Crippen LogP contribution >= 0.6 is 23.2 Å². The summed E-state index contributed by atoms with van der Waals surface area (Å²) in [5.41, 5.74) is 1.29. The summed E-state index contributed by atoms with van der Waals surface area (Å²) < 4.78 is 0. The molecule has 1 aliphatic rings. The van der Waals surface area contributed by atoms with Crippen molar-refractivity contribution >= 4 is 23.2 Å². The lowest BCUT2D eigenvalue weighted by Gasteiger charge is -2.45. The molecule has 1 unspecified atom stereocenters. The highest BCUT2D eigenvalue weighted by molar-refractivity contribution is 6.35. The molecule has 0 bridgehead atoms. The molecule has 100 valence electrons. The molecule has 2 nitrogen and oxygen atoms in total. The Morgan fingerprint density at radius 2 is 2.11 bits per heavy atom. The second-order valence-corrected chi connectivity index (χ2v) is 6.55. The van der Waals surface area contributed by atoms with Crippen LogP contribution in [0, 0.1) is 0 Å². The van der Waals surface area contributed by atoms with E-state index >= 15 is 0 Å². The summed E-state index contributed by atoms with van der Waals surface area (Å²) in [6.07, 6.45) is 0. The van der Waals surface area contributed by atoms with Gasteiger partial charge in [-0.05, 0) is 38.5 Å². The van der Waals surface area contributed by atoms with Crippen LogP contribution < -0.4 is 5.32 Å². The van der Waals surface area contributed by atoms with E-state index in [1.807, 2.05) is 18.2 Å². The summed E-state index contributed by atoms with van der Waals surface area (Å²) in [7, 11) is 0. The van der Waals surface area contributed by atoms with Crippen LogP contribution in [0.25, 0.3) is 0 Å². The van der Waals surface area contributed by atoms with Crippen molar-refractivity contribution in [2.24, 2.45) is 0 Å². The summed E-state index contributed by atoms with van der Waals surface area (Å²) in [5, 5.41) is 4.96. The lowest BCUT2D eigenvalue weighted by atomic mass is 9.97. The van der Waals surface area contributed by atoms with Gasteiger partial charge in [0.1, 0.15) is 0 Å². The molecule has 0 aliphatic carbocycles. The van der Waals surface area contributed by atoms with Crippen LogP contribution in [0.5, 0.6) is 0 Å². The van der Waals surface area contributed by atoms with Gasteiger partial charge in [0.05, 0.1) is 0 Å². The van der Waals surface area contributed by atoms with Crippen molar-refractivity contribution in [3.63, 3.8) is 0 Å². The molecule has 2 rings (SSSR count). The van der Waals surface area contributed by atoms with Crippen molar-refractivity contribution in [3.8, 4) is 0 Å². The van der Waals surface area contributed by atoms with Crippen LogP contribution in [0.4, 0.5) is 0 Å². The highest BCUT2D eigenvalue weighted by atomic mass is 35.5. The van der Waals surface area contributed by atoms with Crippen molar-refractivity contribution in [2.45, 2.75) is 38.9 Å². The van der Waals surface area contributed by atoms with Crippen molar-refractivity contribution in [2.75, 3.05) is 13.1 Å². The third-order valence-corrected chi connectivity index (χ3v) is 4.20. The van der Waals surface area contributed by atoms with Crippen LogP contribution in [-0.4, -0.2) is 29.6 Å². The maximum absolute atomic E-state index is 6.25. The molecule has 1 aliphatic heterocycles. The monoisotopic (exact) mass is 286 g/mol.